The van der Waals surface area contributed by atoms with Gasteiger partial charge in [-0.15, -0.1) is 0 Å². The number of sulfone groups is 1. The lowest BCUT2D eigenvalue weighted by atomic mass is 10.2. The molecule has 0 spiro atoms. The van der Waals surface area contributed by atoms with Gasteiger partial charge in [-0.25, -0.2) is 8.42 Å². The van der Waals surface area contributed by atoms with Crippen LogP contribution >= 0.6 is 23.4 Å². The second kappa shape index (κ2) is 10.0. The molecule has 2 aromatic rings. The number of aryl methyl sites for hydroxylation is 1. The van der Waals surface area contributed by atoms with Crippen LogP contribution in [0.5, 0.6) is 5.75 Å². The molecule has 0 aliphatic heterocycles. The summed E-state index contributed by atoms with van der Waals surface area (Å²) in [6.45, 7) is 2.28. The van der Waals surface area contributed by atoms with E-state index in [0.29, 0.717) is 28.9 Å². The number of carboxylic acids is 1. The van der Waals surface area contributed by atoms with Crippen LogP contribution in [0.4, 0.5) is 0 Å². The minimum Gasteiger partial charge on any atom is -0.493 e. The van der Waals surface area contributed by atoms with Crippen LogP contribution in [0.15, 0.2) is 53.4 Å². The number of hydrogen-bond acceptors (Lipinski definition) is 5. The molecule has 0 aromatic heterocycles. The molecule has 0 radical (unpaired) electrons. The van der Waals surface area contributed by atoms with Crippen LogP contribution < -0.4 is 4.74 Å². The Morgan fingerprint density at radius 2 is 1.74 bits per heavy atom. The average Bonchev–Trinajstić information content (AvgIpc) is 2.62. The molecule has 5 nitrogen and oxygen atoms in total. The van der Waals surface area contributed by atoms with E-state index in [2.05, 4.69) is 0 Å². The highest BCUT2D eigenvalue weighted by molar-refractivity contribution is 7.99. The number of thioether (sulfide) groups is 1. The molecule has 0 saturated heterocycles. The highest BCUT2D eigenvalue weighted by atomic mass is 35.5. The minimum absolute atomic E-state index is 0.0385. The first kappa shape index (κ1) is 21.6. The van der Waals surface area contributed by atoms with Gasteiger partial charge in [-0.3, -0.25) is 4.79 Å². The lowest BCUT2D eigenvalue weighted by Crippen LogP contribution is -2.31. The van der Waals surface area contributed by atoms with Gasteiger partial charge in [0.25, 0.3) is 0 Å². The molecule has 1 unspecified atom stereocenters. The van der Waals surface area contributed by atoms with E-state index in [4.69, 9.17) is 16.3 Å². The summed E-state index contributed by atoms with van der Waals surface area (Å²) >= 11 is 7.26. The second-order valence-electron chi connectivity index (χ2n) is 5.89. The Balaban J connectivity index is 1.83. The summed E-state index contributed by atoms with van der Waals surface area (Å²) in [6.07, 6.45) is 0.0388. The molecule has 0 saturated carbocycles. The molecule has 0 fully saturated rings. The Morgan fingerprint density at radius 3 is 2.33 bits per heavy atom. The molecule has 1 atom stereocenters. The third-order valence-corrected chi connectivity index (χ3v) is 7.18. The Hall–Kier alpha value is -1.70. The van der Waals surface area contributed by atoms with E-state index in [1.54, 1.807) is 36.4 Å². The van der Waals surface area contributed by atoms with Gasteiger partial charge in [-0.1, -0.05) is 29.3 Å². The minimum atomic E-state index is -3.91. The fourth-order valence-corrected chi connectivity index (χ4v) is 4.97. The van der Waals surface area contributed by atoms with Gasteiger partial charge in [-0.2, -0.15) is 11.8 Å². The van der Waals surface area contributed by atoms with E-state index < -0.39 is 21.1 Å². The number of aliphatic carboxylic acids is 1. The molecule has 27 heavy (non-hydrogen) atoms. The Morgan fingerprint density at radius 1 is 1.11 bits per heavy atom. The maximum absolute atomic E-state index is 12.6. The zero-order valence-electron chi connectivity index (χ0n) is 14.8. The first-order valence-corrected chi connectivity index (χ1v) is 11.4. The third-order valence-electron chi connectivity index (χ3n) is 3.83. The lowest BCUT2D eigenvalue weighted by molar-refractivity contribution is -0.136. The van der Waals surface area contributed by atoms with E-state index in [-0.39, 0.29) is 11.3 Å². The zero-order chi connectivity index (χ0) is 19.9. The third kappa shape index (κ3) is 6.45. The standard InChI is InChI=1S/C19H21ClO5S2/c1-14-2-8-17(9-3-14)27(23,24)18(19(21)22)10-12-26-13-11-25-16-6-4-15(20)5-7-16/h2-9,18H,10-13H2,1H3,(H,21,22). The molecule has 0 heterocycles. The van der Waals surface area contributed by atoms with Gasteiger partial charge in [0.1, 0.15) is 5.75 Å². The highest BCUT2D eigenvalue weighted by Crippen LogP contribution is 2.21. The van der Waals surface area contributed by atoms with Crippen molar-refractivity contribution in [3.8, 4) is 5.75 Å². The number of rotatable bonds is 10. The van der Waals surface area contributed by atoms with Crippen LogP contribution in [0.2, 0.25) is 5.02 Å². The molecule has 0 aliphatic carbocycles. The van der Waals surface area contributed by atoms with Crippen LogP contribution in [0.1, 0.15) is 12.0 Å². The molecule has 2 rings (SSSR count). The van der Waals surface area contributed by atoms with E-state index >= 15 is 0 Å². The maximum Gasteiger partial charge on any atom is 0.322 e. The van der Waals surface area contributed by atoms with E-state index in [9.17, 15) is 18.3 Å². The molecule has 0 aliphatic rings. The van der Waals surface area contributed by atoms with Crippen molar-refractivity contribution in [2.75, 3.05) is 18.1 Å². The van der Waals surface area contributed by atoms with Crippen molar-refractivity contribution < 1.29 is 23.1 Å². The summed E-state index contributed by atoms with van der Waals surface area (Å²) in [5.74, 6) is 0.407. The summed E-state index contributed by atoms with van der Waals surface area (Å²) in [5.41, 5.74) is 0.914. The SMILES string of the molecule is Cc1ccc(S(=O)(=O)C(CCSCCOc2ccc(Cl)cc2)C(=O)O)cc1. The molecule has 0 bridgehead atoms. The van der Waals surface area contributed by atoms with Crippen molar-refractivity contribution in [3.05, 3.63) is 59.1 Å². The molecule has 0 amide bonds. The van der Waals surface area contributed by atoms with Crippen LogP contribution in [0, 0.1) is 6.92 Å². The highest BCUT2D eigenvalue weighted by Gasteiger charge is 2.33. The van der Waals surface area contributed by atoms with Crippen molar-refractivity contribution in [1.82, 2.24) is 0 Å². The predicted molar refractivity (Wildman–Crippen MR) is 109 cm³/mol. The Kier molecular flexibility index (Phi) is 8.01. The number of carboxylic acid groups (broad SMARTS) is 1. The van der Waals surface area contributed by atoms with Crippen molar-refractivity contribution >= 4 is 39.2 Å². The van der Waals surface area contributed by atoms with Crippen LogP contribution in [0.3, 0.4) is 0 Å². The number of benzene rings is 2. The largest absolute Gasteiger partial charge is 0.493 e. The quantitative estimate of drug-likeness (QED) is 0.574. The average molecular weight is 429 g/mol. The van der Waals surface area contributed by atoms with Gasteiger partial charge < -0.3 is 9.84 Å². The van der Waals surface area contributed by atoms with Gasteiger partial charge >= 0.3 is 5.97 Å². The summed E-state index contributed by atoms with van der Waals surface area (Å²) in [5, 5.41) is 8.55. The summed E-state index contributed by atoms with van der Waals surface area (Å²) < 4.78 is 30.7. The summed E-state index contributed by atoms with van der Waals surface area (Å²) in [4.78, 5) is 11.5. The molecule has 146 valence electrons. The van der Waals surface area contributed by atoms with Gasteiger partial charge in [0.15, 0.2) is 15.1 Å². The van der Waals surface area contributed by atoms with Gasteiger partial charge in [0.05, 0.1) is 11.5 Å². The van der Waals surface area contributed by atoms with Crippen molar-refractivity contribution in [3.63, 3.8) is 0 Å². The molecule has 8 heteroatoms. The van der Waals surface area contributed by atoms with Crippen molar-refractivity contribution in [2.24, 2.45) is 0 Å². The van der Waals surface area contributed by atoms with Crippen LogP contribution in [0.25, 0.3) is 0 Å². The number of carbonyl (C=O) groups is 1. The van der Waals surface area contributed by atoms with Crippen molar-refractivity contribution in [1.29, 1.82) is 0 Å². The Labute approximate surface area is 168 Å². The Bertz CT molecular complexity index is 849. The molecular formula is C19H21ClO5S2. The molecule has 2 aromatic carbocycles. The number of halogens is 1. The predicted octanol–water partition coefficient (Wildman–Crippen LogP) is 4.08. The summed E-state index contributed by atoms with van der Waals surface area (Å²) in [7, 11) is -3.91. The van der Waals surface area contributed by atoms with Crippen molar-refractivity contribution in [2.45, 2.75) is 23.5 Å². The zero-order valence-corrected chi connectivity index (χ0v) is 17.2. The first-order chi connectivity index (χ1) is 12.8. The normalized spacial score (nSPS) is 12.5. The monoisotopic (exact) mass is 428 g/mol. The summed E-state index contributed by atoms with van der Waals surface area (Å²) in [6, 6.07) is 13.2. The van der Waals surface area contributed by atoms with E-state index in [0.717, 1.165) is 5.56 Å². The van der Waals surface area contributed by atoms with Crippen LogP contribution in [-0.2, 0) is 14.6 Å². The fourth-order valence-electron chi connectivity index (χ4n) is 2.35. The number of ether oxygens (including phenoxy) is 1. The number of hydrogen-bond donors (Lipinski definition) is 1. The topological polar surface area (TPSA) is 80.7 Å². The van der Waals surface area contributed by atoms with E-state index in [1.807, 2.05) is 6.92 Å². The first-order valence-electron chi connectivity index (χ1n) is 8.30. The van der Waals surface area contributed by atoms with Gasteiger partial charge in [0.2, 0.25) is 0 Å². The fraction of sp³-hybridized carbons (Fsp3) is 0.316. The maximum atomic E-state index is 12.6. The second-order valence-corrected chi connectivity index (χ2v) is 9.68. The van der Waals surface area contributed by atoms with E-state index in [1.165, 1.54) is 23.9 Å². The van der Waals surface area contributed by atoms with Gasteiger partial charge in [0, 0.05) is 10.8 Å². The lowest BCUT2D eigenvalue weighted by Gasteiger charge is -2.14. The van der Waals surface area contributed by atoms with Crippen LogP contribution in [-0.4, -0.2) is 42.9 Å². The van der Waals surface area contributed by atoms with Gasteiger partial charge in [-0.05, 0) is 55.5 Å². The molecule has 1 N–H and O–H groups in total. The smallest absolute Gasteiger partial charge is 0.322 e. The molecular weight excluding hydrogens is 408 g/mol.